The average molecular weight is 377 g/mol. The molecule has 0 radical (unpaired) electrons. The van der Waals surface area contributed by atoms with Crippen molar-refractivity contribution in [1.29, 1.82) is 0 Å². The van der Waals surface area contributed by atoms with E-state index in [0.717, 1.165) is 0 Å². The lowest BCUT2D eigenvalue weighted by molar-refractivity contribution is -0.385. The van der Waals surface area contributed by atoms with Gasteiger partial charge in [-0.25, -0.2) is 8.42 Å². The molecule has 1 heterocycles. The van der Waals surface area contributed by atoms with Gasteiger partial charge in [-0.15, -0.1) is 0 Å². The minimum absolute atomic E-state index is 0.0394. The summed E-state index contributed by atoms with van der Waals surface area (Å²) in [5.41, 5.74) is 0.600. The molecule has 0 saturated carbocycles. The molecule has 0 aromatic heterocycles. The highest BCUT2D eigenvalue weighted by Gasteiger charge is 2.36. The van der Waals surface area contributed by atoms with E-state index >= 15 is 0 Å². The van der Waals surface area contributed by atoms with Crippen molar-refractivity contribution in [3.8, 4) is 0 Å². The van der Waals surface area contributed by atoms with Crippen LogP contribution in [0.1, 0.15) is 18.4 Å². The molecule has 0 unspecified atom stereocenters. The number of nitro benzene ring substituents is 1. The Hall–Kier alpha value is -1.38. The van der Waals surface area contributed by atoms with Gasteiger partial charge in [-0.2, -0.15) is 0 Å². The van der Waals surface area contributed by atoms with Crippen LogP contribution in [-0.4, -0.2) is 45.1 Å². The normalized spacial score (nSPS) is 17.5. The van der Waals surface area contributed by atoms with E-state index in [4.69, 9.17) is 16.3 Å². The van der Waals surface area contributed by atoms with E-state index < -0.39 is 20.2 Å². The number of aryl methyl sites for hydroxylation is 1. The molecule has 1 aliphatic heterocycles. The summed E-state index contributed by atoms with van der Waals surface area (Å²) >= 11 is 6.13. The van der Waals surface area contributed by atoms with E-state index in [2.05, 4.69) is 5.32 Å². The molecule has 1 fully saturated rings. The van der Waals surface area contributed by atoms with Crippen LogP contribution in [0.3, 0.4) is 0 Å². The molecule has 0 aliphatic carbocycles. The number of benzene rings is 1. The van der Waals surface area contributed by atoms with Gasteiger partial charge in [0.2, 0.25) is 0 Å². The molecule has 2 rings (SSSR count). The molecule has 134 valence electrons. The number of rotatable bonds is 6. The second kappa shape index (κ2) is 7.25. The Bertz CT molecular complexity index is 730. The number of nitrogens with one attached hydrogen (secondary N) is 1. The summed E-state index contributed by atoms with van der Waals surface area (Å²) in [6.07, 6.45) is 2.50. The summed E-state index contributed by atoms with van der Waals surface area (Å²) in [5, 5.41) is 14.4. The molecule has 0 bridgehead atoms. The fraction of sp³-hybridized carbons (Fsp3) is 0.600. The van der Waals surface area contributed by atoms with Crippen molar-refractivity contribution >= 4 is 32.8 Å². The number of halogens is 1. The van der Waals surface area contributed by atoms with E-state index in [0.29, 0.717) is 43.9 Å². The van der Waals surface area contributed by atoms with Crippen LogP contribution in [-0.2, 0) is 14.6 Å². The third kappa shape index (κ3) is 4.81. The third-order valence-corrected chi connectivity index (χ3v) is 5.71. The van der Waals surface area contributed by atoms with Crippen LogP contribution >= 0.6 is 11.6 Å². The monoisotopic (exact) mass is 376 g/mol. The van der Waals surface area contributed by atoms with E-state index in [1.54, 1.807) is 13.0 Å². The molecule has 0 atom stereocenters. The Labute approximate surface area is 146 Å². The molecule has 9 heteroatoms. The summed E-state index contributed by atoms with van der Waals surface area (Å²) < 4.78 is 28.9. The molecule has 1 N–H and O–H groups in total. The Kier molecular flexibility index (Phi) is 5.72. The van der Waals surface area contributed by atoms with Crippen molar-refractivity contribution in [2.75, 3.05) is 37.1 Å². The lowest BCUT2D eigenvalue weighted by Gasteiger charge is -2.37. The van der Waals surface area contributed by atoms with Gasteiger partial charge in [-0.05, 0) is 25.8 Å². The van der Waals surface area contributed by atoms with Gasteiger partial charge in [-0.1, -0.05) is 11.6 Å². The lowest BCUT2D eigenvalue weighted by Crippen LogP contribution is -2.41. The number of nitro groups is 1. The first-order valence-corrected chi connectivity index (χ1v) is 10.00. The maximum Gasteiger partial charge on any atom is 0.273 e. The first-order valence-electron chi connectivity index (χ1n) is 7.56. The van der Waals surface area contributed by atoms with Crippen LogP contribution in [0.2, 0.25) is 5.02 Å². The van der Waals surface area contributed by atoms with Crippen LogP contribution in [0.15, 0.2) is 12.1 Å². The molecule has 1 saturated heterocycles. The maximum absolute atomic E-state index is 11.8. The van der Waals surface area contributed by atoms with Gasteiger partial charge in [0.25, 0.3) is 5.69 Å². The first kappa shape index (κ1) is 19.0. The first-order chi connectivity index (χ1) is 11.1. The Balaban J connectivity index is 2.20. The van der Waals surface area contributed by atoms with Gasteiger partial charge < -0.3 is 10.1 Å². The van der Waals surface area contributed by atoms with Crippen LogP contribution in [0, 0.1) is 22.5 Å². The number of ether oxygens (including phenoxy) is 1. The summed E-state index contributed by atoms with van der Waals surface area (Å²) in [4.78, 5) is 10.5. The minimum atomic E-state index is -3.14. The molecule has 1 aromatic carbocycles. The standard InChI is InChI=1S/C15H21ClN2O5S/c1-11-7-13(12(16)8-14(11)18(19)20)17-9-15(10-24(2,21)22)3-5-23-6-4-15/h7-8,17H,3-6,9-10H2,1-2H3. The van der Waals surface area contributed by atoms with Gasteiger partial charge in [-0.3, -0.25) is 10.1 Å². The number of hydrogen-bond acceptors (Lipinski definition) is 6. The fourth-order valence-electron chi connectivity index (χ4n) is 3.02. The van der Waals surface area contributed by atoms with Gasteiger partial charge in [0, 0.05) is 43.1 Å². The molecule has 1 aromatic rings. The molecule has 0 spiro atoms. The highest BCUT2D eigenvalue weighted by Crippen LogP contribution is 2.35. The number of anilines is 1. The Morgan fingerprint density at radius 1 is 1.38 bits per heavy atom. The van der Waals surface area contributed by atoms with E-state index in [1.807, 2.05) is 0 Å². The van der Waals surface area contributed by atoms with Gasteiger partial charge in [0.1, 0.15) is 9.84 Å². The quantitative estimate of drug-likeness (QED) is 0.605. The van der Waals surface area contributed by atoms with Crippen molar-refractivity contribution in [1.82, 2.24) is 0 Å². The number of hydrogen-bond donors (Lipinski definition) is 1. The van der Waals surface area contributed by atoms with Crippen molar-refractivity contribution in [2.45, 2.75) is 19.8 Å². The van der Waals surface area contributed by atoms with Crippen LogP contribution in [0.25, 0.3) is 0 Å². The Morgan fingerprint density at radius 3 is 2.54 bits per heavy atom. The van der Waals surface area contributed by atoms with Crippen molar-refractivity contribution in [2.24, 2.45) is 5.41 Å². The fourth-order valence-corrected chi connectivity index (χ4v) is 4.75. The largest absolute Gasteiger partial charge is 0.383 e. The Morgan fingerprint density at radius 2 is 2.00 bits per heavy atom. The van der Waals surface area contributed by atoms with Crippen molar-refractivity contribution in [3.05, 3.63) is 32.8 Å². The molecule has 1 aliphatic rings. The van der Waals surface area contributed by atoms with Gasteiger partial charge in [0.05, 0.1) is 21.4 Å². The zero-order chi connectivity index (χ0) is 18.0. The minimum Gasteiger partial charge on any atom is -0.383 e. The SMILES string of the molecule is Cc1cc(NCC2(CS(C)(=O)=O)CCOCC2)c(Cl)cc1[N+](=O)[O-]. The smallest absolute Gasteiger partial charge is 0.273 e. The summed E-state index contributed by atoms with van der Waals surface area (Å²) in [6, 6.07) is 2.93. The molecule has 7 nitrogen and oxygen atoms in total. The van der Waals surface area contributed by atoms with Gasteiger partial charge in [0.15, 0.2) is 0 Å². The zero-order valence-electron chi connectivity index (χ0n) is 13.7. The van der Waals surface area contributed by atoms with Crippen molar-refractivity contribution in [3.63, 3.8) is 0 Å². The average Bonchev–Trinajstić information content (AvgIpc) is 2.46. The van der Waals surface area contributed by atoms with E-state index in [-0.39, 0.29) is 16.5 Å². The molecule has 0 amide bonds. The van der Waals surface area contributed by atoms with E-state index in [1.165, 1.54) is 12.3 Å². The summed E-state index contributed by atoms with van der Waals surface area (Å²) in [7, 11) is -3.14. The van der Waals surface area contributed by atoms with Crippen LogP contribution in [0.5, 0.6) is 0 Å². The van der Waals surface area contributed by atoms with Gasteiger partial charge >= 0.3 is 0 Å². The second-order valence-corrected chi connectivity index (χ2v) is 8.96. The second-order valence-electron chi connectivity index (χ2n) is 6.41. The van der Waals surface area contributed by atoms with Crippen molar-refractivity contribution < 1.29 is 18.1 Å². The highest BCUT2D eigenvalue weighted by atomic mass is 35.5. The van der Waals surface area contributed by atoms with Crippen LogP contribution in [0.4, 0.5) is 11.4 Å². The molecular weight excluding hydrogens is 356 g/mol. The predicted molar refractivity (Wildman–Crippen MR) is 93.5 cm³/mol. The highest BCUT2D eigenvalue weighted by molar-refractivity contribution is 7.90. The molecular formula is C15H21ClN2O5S. The summed E-state index contributed by atoms with van der Waals surface area (Å²) in [6.45, 7) is 3.09. The maximum atomic E-state index is 11.8. The third-order valence-electron chi connectivity index (χ3n) is 4.26. The molecule has 24 heavy (non-hydrogen) atoms. The number of sulfone groups is 1. The lowest BCUT2D eigenvalue weighted by atomic mass is 9.82. The van der Waals surface area contributed by atoms with E-state index in [9.17, 15) is 18.5 Å². The topological polar surface area (TPSA) is 98.5 Å². The predicted octanol–water partition coefficient (Wildman–Crippen LogP) is 2.81. The summed E-state index contributed by atoms with van der Waals surface area (Å²) in [5.74, 6) is 0.0694. The number of nitrogens with zero attached hydrogens (tertiary/aromatic N) is 1. The van der Waals surface area contributed by atoms with Crippen LogP contribution < -0.4 is 5.32 Å². The zero-order valence-corrected chi connectivity index (χ0v) is 15.2.